The van der Waals surface area contributed by atoms with E-state index in [0.717, 1.165) is 41.8 Å². The molecular formula is C28H39Cl2N5O3. The molecule has 0 bridgehead atoms. The van der Waals surface area contributed by atoms with Crippen LogP contribution in [0.5, 0.6) is 0 Å². The van der Waals surface area contributed by atoms with Gasteiger partial charge in [0.2, 0.25) is 5.91 Å². The van der Waals surface area contributed by atoms with Crippen molar-refractivity contribution >= 4 is 48.1 Å². The molecule has 1 heterocycles. The van der Waals surface area contributed by atoms with E-state index >= 15 is 0 Å². The van der Waals surface area contributed by atoms with Crippen molar-refractivity contribution in [3.05, 3.63) is 64.2 Å². The SMILES string of the molecule is CCNCCNC(=O)CN(CC(=O)N(C)N1Cc2ccccc2C1)c1cc2c(cc1C)CCCC2=O.Cl.Cl. The Hall–Kier alpha value is -2.65. The number of anilines is 1. The maximum absolute atomic E-state index is 13.4. The van der Waals surface area contributed by atoms with Gasteiger partial charge in [-0.1, -0.05) is 37.3 Å². The number of aryl methyl sites for hydroxylation is 2. The molecule has 2 N–H and O–H groups in total. The number of halogens is 2. The summed E-state index contributed by atoms with van der Waals surface area (Å²) in [5.41, 5.74) is 5.94. The fraction of sp³-hybridized carbons (Fsp3) is 0.464. The summed E-state index contributed by atoms with van der Waals surface area (Å²) in [6.07, 6.45) is 2.28. The van der Waals surface area contributed by atoms with Crippen LogP contribution in [-0.4, -0.2) is 67.4 Å². The summed E-state index contributed by atoms with van der Waals surface area (Å²) in [7, 11) is 1.78. The van der Waals surface area contributed by atoms with E-state index < -0.39 is 0 Å². The van der Waals surface area contributed by atoms with Gasteiger partial charge in [-0.05, 0) is 54.6 Å². The maximum atomic E-state index is 13.4. The number of hydrazine groups is 1. The van der Waals surface area contributed by atoms with Crippen LogP contribution >= 0.6 is 24.8 Å². The first-order chi connectivity index (χ1) is 17.4. The largest absolute Gasteiger partial charge is 0.353 e. The Bertz CT molecular complexity index is 1120. The highest BCUT2D eigenvalue weighted by atomic mass is 35.5. The predicted molar refractivity (Wildman–Crippen MR) is 155 cm³/mol. The summed E-state index contributed by atoms with van der Waals surface area (Å²) in [5.74, 6) is -0.127. The lowest BCUT2D eigenvalue weighted by Gasteiger charge is -2.32. The molecule has 208 valence electrons. The second-order valence-corrected chi connectivity index (χ2v) is 9.64. The molecule has 2 amide bonds. The van der Waals surface area contributed by atoms with E-state index in [9.17, 15) is 14.4 Å². The molecule has 0 spiro atoms. The van der Waals surface area contributed by atoms with Crippen LogP contribution in [0.15, 0.2) is 36.4 Å². The number of likely N-dealkylation sites (N-methyl/N-ethyl adjacent to an activating group) is 2. The van der Waals surface area contributed by atoms with E-state index in [1.165, 1.54) is 11.1 Å². The van der Waals surface area contributed by atoms with Crippen LogP contribution in [0.25, 0.3) is 0 Å². The second kappa shape index (κ2) is 14.5. The molecule has 2 aromatic carbocycles. The molecule has 0 aromatic heterocycles. The number of nitrogens with one attached hydrogen (secondary N) is 2. The summed E-state index contributed by atoms with van der Waals surface area (Å²) in [6.45, 7) is 7.48. The second-order valence-electron chi connectivity index (χ2n) is 9.64. The van der Waals surface area contributed by atoms with Gasteiger partial charge in [0.1, 0.15) is 0 Å². The van der Waals surface area contributed by atoms with Gasteiger partial charge in [0, 0.05) is 50.9 Å². The first kappa shape index (κ1) is 31.6. The van der Waals surface area contributed by atoms with Gasteiger partial charge in [-0.25, -0.2) is 5.01 Å². The zero-order valence-electron chi connectivity index (χ0n) is 22.4. The maximum Gasteiger partial charge on any atom is 0.256 e. The highest BCUT2D eigenvalue weighted by Gasteiger charge is 2.28. The van der Waals surface area contributed by atoms with E-state index in [0.29, 0.717) is 32.6 Å². The van der Waals surface area contributed by atoms with Crippen LogP contribution in [0.1, 0.15) is 52.4 Å². The molecule has 4 rings (SSSR count). The minimum absolute atomic E-state index is 0. The van der Waals surface area contributed by atoms with E-state index in [-0.39, 0.29) is 55.5 Å². The molecule has 10 heteroatoms. The van der Waals surface area contributed by atoms with E-state index in [4.69, 9.17) is 0 Å². The van der Waals surface area contributed by atoms with Crippen LogP contribution in [0, 0.1) is 6.92 Å². The number of Topliss-reactive ketones (excluding diaryl/α,β-unsaturated/α-hetero) is 1. The lowest BCUT2D eigenvalue weighted by molar-refractivity contribution is -0.145. The number of amides is 2. The Kier molecular flexibility index (Phi) is 12.0. The zero-order chi connectivity index (χ0) is 25.7. The van der Waals surface area contributed by atoms with Crippen LogP contribution < -0.4 is 15.5 Å². The third-order valence-electron chi connectivity index (χ3n) is 7.06. The lowest BCUT2D eigenvalue weighted by Crippen LogP contribution is -2.48. The van der Waals surface area contributed by atoms with Gasteiger partial charge in [0.15, 0.2) is 5.78 Å². The Balaban J connectivity index is 0.00000253. The molecule has 0 radical (unpaired) electrons. The number of carbonyl (C=O) groups is 3. The number of benzene rings is 2. The van der Waals surface area contributed by atoms with Crippen LogP contribution in [0.3, 0.4) is 0 Å². The molecule has 8 nitrogen and oxygen atoms in total. The molecule has 2 aliphatic rings. The van der Waals surface area contributed by atoms with Crippen molar-refractivity contribution in [1.29, 1.82) is 0 Å². The molecule has 1 aliphatic heterocycles. The zero-order valence-corrected chi connectivity index (χ0v) is 24.1. The van der Waals surface area contributed by atoms with Crippen molar-refractivity contribution in [2.24, 2.45) is 0 Å². The topological polar surface area (TPSA) is 85.0 Å². The summed E-state index contributed by atoms with van der Waals surface area (Å²) < 4.78 is 0. The highest BCUT2D eigenvalue weighted by molar-refractivity contribution is 6.00. The smallest absolute Gasteiger partial charge is 0.256 e. The number of hydrogen-bond donors (Lipinski definition) is 2. The summed E-state index contributed by atoms with van der Waals surface area (Å²) in [5, 5.41) is 9.80. The van der Waals surface area contributed by atoms with Crippen molar-refractivity contribution in [3.8, 4) is 0 Å². The molecule has 38 heavy (non-hydrogen) atoms. The normalized spacial score (nSPS) is 14.0. The monoisotopic (exact) mass is 563 g/mol. The van der Waals surface area contributed by atoms with Gasteiger partial charge < -0.3 is 15.5 Å². The van der Waals surface area contributed by atoms with Crippen molar-refractivity contribution in [2.75, 3.05) is 44.7 Å². The van der Waals surface area contributed by atoms with Gasteiger partial charge in [0.25, 0.3) is 5.91 Å². The molecule has 0 fully saturated rings. The van der Waals surface area contributed by atoms with Crippen LogP contribution in [-0.2, 0) is 29.1 Å². The number of hydrogen-bond acceptors (Lipinski definition) is 6. The number of ketones is 1. The number of fused-ring (bicyclic) bond motifs is 2. The first-order valence-electron chi connectivity index (χ1n) is 12.8. The molecule has 0 unspecified atom stereocenters. The Morgan fingerprint density at radius 3 is 2.32 bits per heavy atom. The average molecular weight is 565 g/mol. The van der Waals surface area contributed by atoms with Crippen LogP contribution in [0.2, 0.25) is 0 Å². The minimum Gasteiger partial charge on any atom is -0.353 e. The summed E-state index contributed by atoms with van der Waals surface area (Å²) in [6, 6.07) is 12.1. The van der Waals surface area contributed by atoms with Gasteiger partial charge in [0.05, 0.1) is 13.1 Å². The lowest BCUT2D eigenvalue weighted by atomic mass is 9.88. The quantitative estimate of drug-likeness (QED) is 0.431. The van der Waals surface area contributed by atoms with Crippen LogP contribution in [0.4, 0.5) is 5.69 Å². The number of rotatable bonds is 10. The van der Waals surface area contributed by atoms with E-state index in [1.54, 1.807) is 12.1 Å². The van der Waals surface area contributed by atoms with E-state index in [1.807, 2.05) is 48.0 Å². The van der Waals surface area contributed by atoms with Gasteiger partial charge in [-0.2, -0.15) is 0 Å². The van der Waals surface area contributed by atoms with Gasteiger partial charge in [-0.15, -0.1) is 24.8 Å². The predicted octanol–water partition coefficient (Wildman–Crippen LogP) is 3.28. The fourth-order valence-corrected chi connectivity index (χ4v) is 5.01. The molecule has 0 saturated carbocycles. The summed E-state index contributed by atoms with van der Waals surface area (Å²) in [4.78, 5) is 40.7. The number of nitrogens with zero attached hydrogens (tertiary/aromatic N) is 3. The average Bonchev–Trinajstić information content (AvgIpc) is 3.30. The van der Waals surface area contributed by atoms with Crippen molar-refractivity contribution < 1.29 is 14.4 Å². The van der Waals surface area contributed by atoms with Gasteiger partial charge >= 0.3 is 0 Å². The number of carbonyl (C=O) groups excluding carboxylic acids is 3. The first-order valence-corrected chi connectivity index (χ1v) is 12.8. The van der Waals surface area contributed by atoms with Gasteiger partial charge in [-0.3, -0.25) is 19.4 Å². The standard InChI is InChI=1S/C28H37N5O3.2ClH/c1-4-29-12-13-30-27(35)18-32(25-15-24-21(14-20(25)2)10-7-11-26(24)34)19-28(36)31(3)33-16-22-8-5-6-9-23(22)17-33;;/h5-6,8-9,14-15,29H,4,7,10-13,16-19H2,1-3H3,(H,30,35);2*1H. The third kappa shape index (κ3) is 7.47. The summed E-state index contributed by atoms with van der Waals surface area (Å²) >= 11 is 0. The Labute approximate surface area is 237 Å². The Morgan fingerprint density at radius 1 is 0.974 bits per heavy atom. The molecular weight excluding hydrogens is 525 g/mol. The van der Waals surface area contributed by atoms with Crippen molar-refractivity contribution in [3.63, 3.8) is 0 Å². The van der Waals surface area contributed by atoms with Crippen molar-refractivity contribution in [2.45, 2.75) is 46.2 Å². The van der Waals surface area contributed by atoms with E-state index in [2.05, 4.69) is 22.8 Å². The Morgan fingerprint density at radius 2 is 1.66 bits per heavy atom. The van der Waals surface area contributed by atoms with Crippen molar-refractivity contribution in [1.82, 2.24) is 20.7 Å². The molecule has 1 aliphatic carbocycles. The minimum atomic E-state index is -0.152. The molecule has 0 saturated heterocycles. The molecule has 2 aromatic rings. The third-order valence-corrected chi connectivity index (χ3v) is 7.06. The highest BCUT2D eigenvalue weighted by Crippen LogP contribution is 2.30. The molecule has 0 atom stereocenters. The fourth-order valence-electron chi connectivity index (χ4n) is 5.01.